The van der Waals surface area contributed by atoms with E-state index in [2.05, 4.69) is 10.3 Å². The van der Waals surface area contributed by atoms with Gasteiger partial charge in [-0.05, 0) is 25.5 Å². The molecule has 1 amide bonds. The van der Waals surface area contributed by atoms with Gasteiger partial charge in [0.25, 0.3) is 5.91 Å². The lowest BCUT2D eigenvalue weighted by molar-refractivity contribution is 0.0923. The van der Waals surface area contributed by atoms with Gasteiger partial charge in [0.05, 0.1) is 6.10 Å². The van der Waals surface area contributed by atoms with E-state index < -0.39 is 6.10 Å². The standard InChI is InChI=1S/C10H14N2O2/c1-7-5-11-4-3-9(7)10(14)12-6-8(2)13/h3-5,8,13H,6H2,1-2H3,(H,12,14)/t8-/m0/s1. The highest BCUT2D eigenvalue weighted by Gasteiger charge is 2.08. The summed E-state index contributed by atoms with van der Waals surface area (Å²) in [5, 5.41) is 11.6. The number of aliphatic hydroxyl groups is 1. The molecular weight excluding hydrogens is 180 g/mol. The topological polar surface area (TPSA) is 62.2 Å². The Morgan fingerprint density at radius 2 is 2.43 bits per heavy atom. The molecule has 0 aromatic carbocycles. The molecule has 0 aliphatic carbocycles. The molecule has 0 aliphatic rings. The van der Waals surface area contributed by atoms with Crippen molar-refractivity contribution in [3.63, 3.8) is 0 Å². The molecule has 0 bridgehead atoms. The third-order valence-electron chi connectivity index (χ3n) is 1.82. The summed E-state index contributed by atoms with van der Waals surface area (Å²) < 4.78 is 0. The maximum Gasteiger partial charge on any atom is 0.251 e. The van der Waals surface area contributed by atoms with Crippen molar-refractivity contribution in [1.82, 2.24) is 10.3 Å². The van der Waals surface area contributed by atoms with Gasteiger partial charge in [0.15, 0.2) is 0 Å². The Morgan fingerprint density at radius 3 is 3.00 bits per heavy atom. The predicted molar refractivity (Wildman–Crippen MR) is 53.0 cm³/mol. The lowest BCUT2D eigenvalue weighted by Crippen LogP contribution is -2.30. The van der Waals surface area contributed by atoms with E-state index in [1.165, 1.54) is 0 Å². The first-order valence-corrected chi connectivity index (χ1v) is 4.48. The number of carbonyl (C=O) groups excluding carboxylic acids is 1. The Morgan fingerprint density at radius 1 is 1.71 bits per heavy atom. The van der Waals surface area contributed by atoms with Crippen LogP contribution in [-0.2, 0) is 0 Å². The summed E-state index contributed by atoms with van der Waals surface area (Å²) in [5.74, 6) is -0.175. The van der Waals surface area contributed by atoms with Gasteiger partial charge in [0.2, 0.25) is 0 Å². The molecule has 1 heterocycles. The molecule has 0 fully saturated rings. The quantitative estimate of drug-likeness (QED) is 0.736. The minimum Gasteiger partial charge on any atom is -0.392 e. The smallest absolute Gasteiger partial charge is 0.251 e. The van der Waals surface area contributed by atoms with E-state index in [0.717, 1.165) is 5.56 Å². The zero-order chi connectivity index (χ0) is 10.6. The van der Waals surface area contributed by atoms with Crippen molar-refractivity contribution in [3.8, 4) is 0 Å². The van der Waals surface area contributed by atoms with Gasteiger partial charge in [-0.15, -0.1) is 0 Å². The molecular formula is C10H14N2O2. The lowest BCUT2D eigenvalue weighted by atomic mass is 10.1. The third-order valence-corrected chi connectivity index (χ3v) is 1.82. The molecule has 14 heavy (non-hydrogen) atoms. The van der Waals surface area contributed by atoms with Crippen molar-refractivity contribution in [1.29, 1.82) is 0 Å². The molecule has 0 saturated heterocycles. The zero-order valence-electron chi connectivity index (χ0n) is 8.32. The molecule has 0 radical (unpaired) electrons. The average Bonchev–Trinajstić information content (AvgIpc) is 2.15. The fourth-order valence-corrected chi connectivity index (χ4v) is 1.06. The van der Waals surface area contributed by atoms with Crippen LogP contribution in [0.25, 0.3) is 0 Å². The van der Waals surface area contributed by atoms with Gasteiger partial charge in [0, 0.05) is 24.5 Å². The van der Waals surface area contributed by atoms with Crippen molar-refractivity contribution in [2.75, 3.05) is 6.54 Å². The molecule has 2 N–H and O–H groups in total. The van der Waals surface area contributed by atoms with Gasteiger partial charge >= 0.3 is 0 Å². The monoisotopic (exact) mass is 194 g/mol. The van der Waals surface area contributed by atoms with Crippen molar-refractivity contribution in [3.05, 3.63) is 29.6 Å². The third kappa shape index (κ3) is 2.81. The number of nitrogens with zero attached hydrogens (tertiary/aromatic N) is 1. The maximum absolute atomic E-state index is 11.5. The molecule has 0 aliphatic heterocycles. The number of nitrogens with one attached hydrogen (secondary N) is 1. The fraction of sp³-hybridized carbons (Fsp3) is 0.400. The first kappa shape index (κ1) is 10.7. The van der Waals surface area contributed by atoms with E-state index in [0.29, 0.717) is 5.56 Å². The van der Waals surface area contributed by atoms with E-state index in [-0.39, 0.29) is 12.5 Å². The van der Waals surface area contributed by atoms with Gasteiger partial charge < -0.3 is 10.4 Å². The van der Waals surface area contributed by atoms with Crippen LogP contribution in [0.5, 0.6) is 0 Å². The van der Waals surface area contributed by atoms with Crippen molar-refractivity contribution < 1.29 is 9.90 Å². The van der Waals surface area contributed by atoms with Crippen LogP contribution in [0.15, 0.2) is 18.5 Å². The second-order valence-corrected chi connectivity index (χ2v) is 3.25. The minimum atomic E-state index is -0.527. The fourth-order valence-electron chi connectivity index (χ4n) is 1.06. The van der Waals surface area contributed by atoms with E-state index in [9.17, 15) is 4.79 Å². The normalized spacial score (nSPS) is 12.2. The van der Waals surface area contributed by atoms with Crippen LogP contribution in [0, 0.1) is 6.92 Å². The summed E-state index contributed by atoms with van der Waals surface area (Å²) in [4.78, 5) is 15.4. The SMILES string of the molecule is Cc1cnccc1C(=O)NC[C@H](C)O. The number of hydrogen-bond donors (Lipinski definition) is 2. The Balaban J connectivity index is 2.65. The summed E-state index contributed by atoms with van der Waals surface area (Å²) in [5.41, 5.74) is 1.43. The maximum atomic E-state index is 11.5. The van der Waals surface area contributed by atoms with Gasteiger partial charge in [-0.3, -0.25) is 9.78 Å². The van der Waals surface area contributed by atoms with Crippen LogP contribution in [0.3, 0.4) is 0 Å². The summed E-state index contributed by atoms with van der Waals surface area (Å²) >= 11 is 0. The largest absolute Gasteiger partial charge is 0.392 e. The average molecular weight is 194 g/mol. The molecule has 4 heteroatoms. The molecule has 1 aromatic rings. The molecule has 76 valence electrons. The first-order chi connectivity index (χ1) is 6.61. The molecule has 0 saturated carbocycles. The number of amides is 1. The van der Waals surface area contributed by atoms with Crippen LogP contribution in [0.2, 0.25) is 0 Å². The molecule has 1 atom stereocenters. The molecule has 1 aromatic heterocycles. The van der Waals surface area contributed by atoms with E-state index in [1.54, 1.807) is 25.4 Å². The zero-order valence-corrected chi connectivity index (χ0v) is 8.32. The van der Waals surface area contributed by atoms with E-state index in [1.807, 2.05) is 6.92 Å². The Hall–Kier alpha value is -1.42. The Bertz CT molecular complexity index is 324. The van der Waals surface area contributed by atoms with Crippen LogP contribution < -0.4 is 5.32 Å². The number of rotatable bonds is 3. The Kier molecular flexibility index (Phi) is 3.59. The van der Waals surface area contributed by atoms with Crippen LogP contribution in [0.1, 0.15) is 22.8 Å². The number of carbonyl (C=O) groups is 1. The van der Waals surface area contributed by atoms with Gasteiger partial charge in [-0.25, -0.2) is 0 Å². The summed E-state index contributed by atoms with van der Waals surface area (Å²) in [6.45, 7) is 3.71. The van der Waals surface area contributed by atoms with Crippen LogP contribution in [0.4, 0.5) is 0 Å². The summed E-state index contributed by atoms with van der Waals surface area (Å²) in [6.07, 6.45) is 2.68. The van der Waals surface area contributed by atoms with Crippen molar-refractivity contribution >= 4 is 5.91 Å². The number of aliphatic hydroxyl groups excluding tert-OH is 1. The summed E-state index contributed by atoms with van der Waals surface area (Å²) in [6, 6.07) is 1.66. The van der Waals surface area contributed by atoms with Crippen molar-refractivity contribution in [2.45, 2.75) is 20.0 Å². The number of aryl methyl sites for hydroxylation is 1. The lowest BCUT2D eigenvalue weighted by Gasteiger charge is -2.08. The van der Waals surface area contributed by atoms with Gasteiger partial charge in [-0.1, -0.05) is 0 Å². The number of hydrogen-bond acceptors (Lipinski definition) is 3. The molecule has 0 unspecified atom stereocenters. The molecule has 1 rings (SSSR count). The summed E-state index contributed by atoms with van der Waals surface area (Å²) in [7, 11) is 0. The highest BCUT2D eigenvalue weighted by Crippen LogP contribution is 2.04. The molecule has 0 spiro atoms. The first-order valence-electron chi connectivity index (χ1n) is 4.48. The van der Waals surface area contributed by atoms with E-state index >= 15 is 0 Å². The van der Waals surface area contributed by atoms with Crippen LogP contribution in [-0.4, -0.2) is 28.6 Å². The molecule has 4 nitrogen and oxygen atoms in total. The highest BCUT2D eigenvalue weighted by atomic mass is 16.3. The second kappa shape index (κ2) is 4.72. The highest BCUT2D eigenvalue weighted by molar-refractivity contribution is 5.95. The second-order valence-electron chi connectivity index (χ2n) is 3.25. The van der Waals surface area contributed by atoms with E-state index in [4.69, 9.17) is 5.11 Å². The Labute approximate surface area is 83.0 Å². The van der Waals surface area contributed by atoms with Gasteiger partial charge in [0.1, 0.15) is 0 Å². The minimum absolute atomic E-state index is 0.175. The number of aromatic nitrogens is 1. The van der Waals surface area contributed by atoms with Crippen LogP contribution >= 0.6 is 0 Å². The predicted octanol–water partition coefficient (Wildman–Crippen LogP) is 0.501. The number of pyridine rings is 1. The van der Waals surface area contributed by atoms with Crippen molar-refractivity contribution in [2.24, 2.45) is 0 Å². The van der Waals surface area contributed by atoms with Gasteiger partial charge in [-0.2, -0.15) is 0 Å².